The SMILES string of the molecule is CCOC(=O)CCCn1c(=S)sc2c([NH+]=[N-])snc21. The van der Waals surface area contributed by atoms with Gasteiger partial charge in [-0.2, -0.15) is 4.37 Å². The van der Waals surface area contributed by atoms with Gasteiger partial charge in [-0.25, -0.2) is 0 Å². The van der Waals surface area contributed by atoms with Crippen LogP contribution in [0.25, 0.3) is 15.9 Å². The van der Waals surface area contributed by atoms with Crippen molar-refractivity contribution in [1.29, 1.82) is 0 Å². The average molecular weight is 316 g/mol. The summed E-state index contributed by atoms with van der Waals surface area (Å²) in [6, 6.07) is 0. The van der Waals surface area contributed by atoms with Crippen molar-refractivity contribution in [1.82, 2.24) is 8.94 Å². The van der Waals surface area contributed by atoms with Crippen LogP contribution < -0.4 is 5.11 Å². The van der Waals surface area contributed by atoms with Crippen LogP contribution >= 0.6 is 35.1 Å². The first-order chi connectivity index (χ1) is 9.17. The quantitative estimate of drug-likeness (QED) is 0.502. The number of aryl methyl sites for hydroxylation is 1. The first-order valence-corrected chi connectivity index (χ1v) is 7.72. The molecule has 2 rings (SSSR count). The molecule has 1 N–H and O–H groups in total. The van der Waals surface area contributed by atoms with Crippen molar-refractivity contribution in [3.63, 3.8) is 0 Å². The maximum atomic E-state index is 11.3. The van der Waals surface area contributed by atoms with Crippen molar-refractivity contribution in [2.45, 2.75) is 26.3 Å². The van der Waals surface area contributed by atoms with E-state index in [0.29, 0.717) is 34.9 Å². The highest BCUT2D eigenvalue weighted by Crippen LogP contribution is 2.30. The number of nitrogens with zero attached hydrogens (tertiary/aromatic N) is 3. The van der Waals surface area contributed by atoms with Gasteiger partial charge < -0.3 is 14.8 Å². The normalized spacial score (nSPS) is 10.8. The van der Waals surface area contributed by atoms with Crippen molar-refractivity contribution in [2.24, 2.45) is 0 Å². The third kappa shape index (κ3) is 3.04. The molecule has 2 aromatic rings. The average Bonchev–Trinajstić information content (AvgIpc) is 2.89. The molecule has 0 unspecified atom stereocenters. The zero-order valence-electron chi connectivity index (χ0n) is 10.2. The molecule has 0 fully saturated rings. The highest BCUT2D eigenvalue weighted by Gasteiger charge is 2.15. The zero-order chi connectivity index (χ0) is 13.8. The van der Waals surface area contributed by atoms with Crippen LogP contribution in [-0.4, -0.2) is 21.5 Å². The van der Waals surface area contributed by atoms with E-state index in [4.69, 9.17) is 22.5 Å². The monoisotopic (exact) mass is 316 g/mol. The standard InChI is InChI=1S/C10H12N4O2S3/c1-2-16-6(15)4-3-5-14-8-7(18-10(14)17)9(12-11)19-13-8/h12H,2-5H2,1H3. The Morgan fingerprint density at radius 2 is 2.42 bits per heavy atom. The third-order valence-electron chi connectivity index (χ3n) is 2.47. The van der Waals surface area contributed by atoms with Gasteiger partial charge in [0.05, 0.1) is 6.61 Å². The van der Waals surface area contributed by atoms with E-state index in [1.165, 1.54) is 22.9 Å². The smallest absolute Gasteiger partial charge is 0.305 e. The van der Waals surface area contributed by atoms with Gasteiger partial charge in [0.1, 0.15) is 0 Å². The van der Waals surface area contributed by atoms with Crippen LogP contribution in [0.5, 0.6) is 0 Å². The second kappa shape index (κ2) is 6.31. The molecule has 0 saturated heterocycles. The van der Waals surface area contributed by atoms with Crippen molar-refractivity contribution in [2.75, 3.05) is 6.61 Å². The van der Waals surface area contributed by atoms with Crippen molar-refractivity contribution < 1.29 is 14.6 Å². The second-order valence-corrected chi connectivity index (χ2v) is 6.12. The number of rotatable bonds is 6. The van der Waals surface area contributed by atoms with Gasteiger partial charge in [-0.15, -0.1) is 0 Å². The molecule has 9 heteroatoms. The Balaban J connectivity index is 2.10. The van der Waals surface area contributed by atoms with Crippen LogP contribution in [0.4, 0.5) is 5.00 Å². The highest BCUT2D eigenvalue weighted by atomic mass is 32.1. The molecule has 6 nitrogen and oxygen atoms in total. The largest absolute Gasteiger partial charge is 0.501 e. The summed E-state index contributed by atoms with van der Waals surface area (Å²) in [5.41, 5.74) is 9.71. The second-order valence-electron chi connectivity index (χ2n) is 3.70. The van der Waals surface area contributed by atoms with E-state index in [2.05, 4.69) is 9.49 Å². The van der Waals surface area contributed by atoms with Gasteiger partial charge in [-0.3, -0.25) is 9.91 Å². The molecule has 0 amide bonds. The van der Waals surface area contributed by atoms with Crippen LogP contribution in [0, 0.1) is 3.95 Å². The summed E-state index contributed by atoms with van der Waals surface area (Å²) in [6.45, 7) is 2.81. The molecule has 0 radical (unpaired) electrons. The van der Waals surface area contributed by atoms with Gasteiger partial charge in [0.15, 0.2) is 14.3 Å². The summed E-state index contributed by atoms with van der Waals surface area (Å²) in [4.78, 5) is 11.3. The topological polar surface area (TPSA) is 80.4 Å². The minimum absolute atomic E-state index is 0.198. The number of nitrogens with one attached hydrogen (secondary N) is 1. The minimum Gasteiger partial charge on any atom is -0.501 e. The van der Waals surface area contributed by atoms with Gasteiger partial charge in [0.25, 0.3) is 5.00 Å². The van der Waals surface area contributed by atoms with Crippen molar-refractivity contribution in [3.05, 3.63) is 9.49 Å². The van der Waals surface area contributed by atoms with Crippen LogP contribution in [0.2, 0.25) is 0 Å². The molecule has 0 bridgehead atoms. The lowest BCUT2D eigenvalue weighted by atomic mass is 10.3. The molecule has 0 saturated carbocycles. The summed E-state index contributed by atoms with van der Waals surface area (Å²) >= 11 is 7.84. The van der Waals surface area contributed by atoms with Crippen LogP contribution in [0.1, 0.15) is 19.8 Å². The molecule has 19 heavy (non-hydrogen) atoms. The van der Waals surface area contributed by atoms with E-state index in [-0.39, 0.29) is 5.97 Å². The number of ether oxygens (including phenoxy) is 1. The summed E-state index contributed by atoms with van der Waals surface area (Å²) < 4.78 is 12.5. The predicted molar refractivity (Wildman–Crippen MR) is 76.2 cm³/mol. The summed E-state index contributed by atoms with van der Waals surface area (Å²) in [6.07, 6.45) is 1.01. The molecular weight excluding hydrogens is 304 g/mol. The number of esters is 1. The Bertz CT molecular complexity index is 657. The van der Waals surface area contributed by atoms with E-state index in [0.717, 1.165) is 10.3 Å². The minimum atomic E-state index is -0.198. The first-order valence-electron chi connectivity index (χ1n) is 5.72. The van der Waals surface area contributed by atoms with Gasteiger partial charge in [-0.05, 0) is 25.6 Å². The molecule has 102 valence electrons. The fourth-order valence-corrected chi connectivity index (χ4v) is 3.80. The molecule has 2 aromatic heterocycles. The van der Waals surface area contributed by atoms with Gasteiger partial charge in [0.2, 0.25) is 0 Å². The Hall–Kier alpha value is -1.19. The van der Waals surface area contributed by atoms with Crippen molar-refractivity contribution >= 4 is 56.4 Å². The lowest BCUT2D eigenvalue weighted by Crippen LogP contribution is -2.53. The number of carbonyl (C=O) groups excluding carboxylic acids is 1. The molecule has 0 aliphatic rings. The van der Waals surface area contributed by atoms with E-state index in [9.17, 15) is 4.79 Å². The number of hydrogen-bond acceptors (Lipinski definition) is 6. The number of hydrogen-bond donors (Lipinski definition) is 1. The summed E-state index contributed by atoms with van der Waals surface area (Å²) in [5.74, 6) is -0.198. The number of fused-ring (bicyclic) bond motifs is 1. The van der Waals surface area contributed by atoms with Crippen LogP contribution in [-0.2, 0) is 16.1 Å². The Morgan fingerprint density at radius 3 is 3.11 bits per heavy atom. The van der Waals surface area contributed by atoms with E-state index < -0.39 is 0 Å². The molecule has 0 aliphatic carbocycles. The predicted octanol–water partition coefficient (Wildman–Crippen LogP) is 1.97. The Labute approximate surface area is 122 Å². The summed E-state index contributed by atoms with van der Waals surface area (Å²) in [5, 5.41) is 2.71. The maximum Gasteiger partial charge on any atom is 0.305 e. The van der Waals surface area contributed by atoms with E-state index in [1.54, 1.807) is 6.92 Å². The molecule has 0 spiro atoms. The Morgan fingerprint density at radius 1 is 1.63 bits per heavy atom. The van der Waals surface area contributed by atoms with Gasteiger partial charge >= 0.3 is 5.97 Å². The molecular formula is C10H12N4O2S3. The van der Waals surface area contributed by atoms with E-state index in [1.807, 2.05) is 4.57 Å². The van der Waals surface area contributed by atoms with E-state index >= 15 is 0 Å². The fourth-order valence-electron chi connectivity index (χ4n) is 1.65. The van der Waals surface area contributed by atoms with Crippen molar-refractivity contribution in [3.8, 4) is 0 Å². The van der Waals surface area contributed by atoms with Crippen LogP contribution in [0.15, 0.2) is 0 Å². The first kappa shape index (κ1) is 14.2. The highest BCUT2D eigenvalue weighted by molar-refractivity contribution is 7.73. The van der Waals surface area contributed by atoms with Gasteiger partial charge in [-0.1, -0.05) is 11.3 Å². The zero-order valence-corrected chi connectivity index (χ0v) is 12.7. The van der Waals surface area contributed by atoms with Gasteiger partial charge in [0, 0.05) is 24.5 Å². The Kier molecular flexibility index (Phi) is 4.72. The summed E-state index contributed by atoms with van der Waals surface area (Å²) in [7, 11) is 0. The lowest BCUT2D eigenvalue weighted by Gasteiger charge is -2.03. The maximum absolute atomic E-state index is 11.3. The molecule has 0 aliphatic heterocycles. The molecule has 2 heterocycles. The molecule has 0 aromatic carbocycles. The molecule has 0 atom stereocenters. The van der Waals surface area contributed by atoms with Crippen LogP contribution in [0.3, 0.4) is 0 Å². The lowest BCUT2D eigenvalue weighted by molar-refractivity contribution is -0.372. The fraction of sp³-hybridized carbons (Fsp3) is 0.500. The number of carbonyl (C=O) groups is 1. The number of aromatic nitrogens is 2. The third-order valence-corrected chi connectivity index (χ3v) is 4.80. The number of thiazole rings is 1.